The predicted molar refractivity (Wildman–Crippen MR) is 114 cm³/mol. The van der Waals surface area contributed by atoms with Crippen molar-refractivity contribution in [3.05, 3.63) is 64.2 Å². The van der Waals surface area contributed by atoms with E-state index in [0.29, 0.717) is 22.3 Å². The molecule has 0 radical (unpaired) electrons. The topological polar surface area (TPSA) is 83.8 Å². The summed E-state index contributed by atoms with van der Waals surface area (Å²) in [4.78, 5) is 23.1. The SMILES string of the molecule is CC(C)(C)c1ccc(CP(=O)(O)C2OC(=O)c3ccccc32)c(C(C)(C)C)c1O. The number of carbonyl (C=O) groups is 1. The van der Waals surface area contributed by atoms with Gasteiger partial charge in [0, 0.05) is 11.1 Å². The van der Waals surface area contributed by atoms with Crippen molar-refractivity contribution in [1.82, 2.24) is 0 Å². The van der Waals surface area contributed by atoms with Crippen LogP contribution in [0.15, 0.2) is 36.4 Å². The van der Waals surface area contributed by atoms with Crippen LogP contribution in [0.5, 0.6) is 5.75 Å². The highest BCUT2D eigenvalue weighted by Gasteiger charge is 2.44. The fourth-order valence-corrected chi connectivity index (χ4v) is 5.80. The molecule has 0 fully saturated rings. The fraction of sp³-hybridized carbons (Fsp3) is 0.435. The van der Waals surface area contributed by atoms with E-state index >= 15 is 0 Å². The average molecular weight is 416 g/mol. The number of cyclic esters (lactones) is 1. The van der Waals surface area contributed by atoms with Crippen LogP contribution in [0.25, 0.3) is 0 Å². The van der Waals surface area contributed by atoms with E-state index < -0.39 is 24.6 Å². The number of rotatable bonds is 3. The molecule has 2 unspecified atom stereocenters. The zero-order valence-corrected chi connectivity index (χ0v) is 18.7. The van der Waals surface area contributed by atoms with Gasteiger partial charge >= 0.3 is 5.97 Å². The largest absolute Gasteiger partial charge is 0.507 e. The maximum absolute atomic E-state index is 13.4. The van der Waals surface area contributed by atoms with Gasteiger partial charge in [-0.05, 0) is 28.0 Å². The predicted octanol–water partition coefficient (Wildman–Crippen LogP) is 5.63. The molecule has 5 nitrogen and oxygen atoms in total. The van der Waals surface area contributed by atoms with E-state index in [2.05, 4.69) is 0 Å². The summed E-state index contributed by atoms with van der Waals surface area (Å²) in [6, 6.07) is 10.3. The van der Waals surface area contributed by atoms with Gasteiger partial charge in [-0.2, -0.15) is 0 Å². The van der Waals surface area contributed by atoms with Crippen LogP contribution in [0, 0.1) is 0 Å². The van der Waals surface area contributed by atoms with E-state index in [1.54, 1.807) is 24.3 Å². The van der Waals surface area contributed by atoms with Crippen molar-refractivity contribution >= 4 is 13.3 Å². The normalized spacial score (nSPS) is 18.9. The molecule has 29 heavy (non-hydrogen) atoms. The summed E-state index contributed by atoms with van der Waals surface area (Å²) in [5.41, 5.74) is 2.09. The molecular weight excluding hydrogens is 387 g/mol. The van der Waals surface area contributed by atoms with Crippen LogP contribution in [0.4, 0.5) is 0 Å². The number of hydrogen-bond donors (Lipinski definition) is 2. The zero-order chi connectivity index (χ0) is 21.8. The summed E-state index contributed by atoms with van der Waals surface area (Å²) >= 11 is 0. The van der Waals surface area contributed by atoms with E-state index in [-0.39, 0.29) is 17.3 Å². The van der Waals surface area contributed by atoms with Crippen molar-refractivity contribution in [2.75, 3.05) is 0 Å². The monoisotopic (exact) mass is 416 g/mol. The van der Waals surface area contributed by atoms with E-state index in [1.165, 1.54) is 0 Å². The number of hydrogen-bond acceptors (Lipinski definition) is 4. The lowest BCUT2D eigenvalue weighted by atomic mass is 9.77. The molecule has 3 rings (SSSR count). The van der Waals surface area contributed by atoms with Crippen LogP contribution >= 0.6 is 7.37 Å². The first-order chi connectivity index (χ1) is 13.2. The second-order valence-corrected chi connectivity index (χ2v) is 12.1. The van der Waals surface area contributed by atoms with Gasteiger partial charge < -0.3 is 14.7 Å². The summed E-state index contributed by atoms with van der Waals surface area (Å²) in [7, 11) is -3.96. The van der Waals surface area contributed by atoms with Gasteiger partial charge in [0.2, 0.25) is 13.2 Å². The molecule has 2 atom stereocenters. The highest BCUT2D eigenvalue weighted by atomic mass is 31.2. The van der Waals surface area contributed by atoms with Crippen LogP contribution in [0.1, 0.15) is 80.0 Å². The van der Waals surface area contributed by atoms with Gasteiger partial charge in [-0.15, -0.1) is 0 Å². The molecule has 1 aliphatic heterocycles. The molecule has 0 aromatic heterocycles. The number of carbonyl (C=O) groups excluding carboxylic acids is 1. The second kappa shape index (κ2) is 7.00. The Hall–Kier alpha value is -2.10. The third kappa shape index (κ3) is 3.99. The third-order valence-corrected chi connectivity index (χ3v) is 7.16. The number of esters is 1. The molecule has 2 aromatic rings. The highest BCUT2D eigenvalue weighted by molar-refractivity contribution is 7.57. The molecule has 1 heterocycles. The Morgan fingerprint density at radius 2 is 1.62 bits per heavy atom. The number of benzene rings is 2. The minimum Gasteiger partial charge on any atom is -0.507 e. The first-order valence-corrected chi connectivity index (χ1v) is 11.6. The van der Waals surface area contributed by atoms with Crippen LogP contribution in [-0.4, -0.2) is 16.0 Å². The second-order valence-electron chi connectivity index (χ2n) is 9.75. The maximum atomic E-state index is 13.4. The van der Waals surface area contributed by atoms with Crippen molar-refractivity contribution in [2.45, 2.75) is 64.4 Å². The summed E-state index contributed by atoms with van der Waals surface area (Å²) in [5.74, 6) is -1.61. The number of phenolic OH excluding ortho intramolecular Hbond substituents is 1. The van der Waals surface area contributed by atoms with Crippen molar-refractivity contribution in [2.24, 2.45) is 0 Å². The Bertz CT molecular complexity index is 1010. The van der Waals surface area contributed by atoms with Gasteiger partial charge in [0.1, 0.15) is 5.75 Å². The van der Waals surface area contributed by atoms with Crippen LogP contribution < -0.4 is 0 Å². The summed E-state index contributed by atoms with van der Waals surface area (Å²) < 4.78 is 18.7. The summed E-state index contributed by atoms with van der Waals surface area (Å²) in [6.07, 6.45) is -0.191. The zero-order valence-electron chi connectivity index (χ0n) is 17.8. The number of aromatic hydroxyl groups is 1. The molecule has 0 saturated carbocycles. The molecule has 0 aliphatic carbocycles. The molecule has 2 aromatic carbocycles. The highest BCUT2D eigenvalue weighted by Crippen LogP contribution is 2.62. The van der Waals surface area contributed by atoms with Crippen LogP contribution in [0.2, 0.25) is 0 Å². The molecule has 2 N–H and O–H groups in total. The molecule has 0 spiro atoms. The molecule has 1 aliphatic rings. The molecule has 0 saturated heterocycles. The Labute approximate surface area is 172 Å². The van der Waals surface area contributed by atoms with Gasteiger partial charge in [-0.3, -0.25) is 4.57 Å². The number of ether oxygens (including phenoxy) is 1. The minimum atomic E-state index is -3.96. The summed E-state index contributed by atoms with van der Waals surface area (Å²) in [6.45, 7) is 11.9. The number of fused-ring (bicyclic) bond motifs is 1. The Kier molecular flexibility index (Phi) is 5.21. The first-order valence-electron chi connectivity index (χ1n) is 9.70. The Balaban J connectivity index is 2.07. The van der Waals surface area contributed by atoms with Gasteiger partial charge in [0.25, 0.3) is 0 Å². The van der Waals surface area contributed by atoms with E-state index in [9.17, 15) is 19.4 Å². The Morgan fingerprint density at radius 3 is 2.21 bits per heavy atom. The lowest BCUT2D eigenvalue weighted by Gasteiger charge is -2.30. The van der Waals surface area contributed by atoms with Crippen molar-refractivity contribution in [3.63, 3.8) is 0 Å². The van der Waals surface area contributed by atoms with Gasteiger partial charge in [0.05, 0.1) is 11.7 Å². The van der Waals surface area contributed by atoms with Crippen LogP contribution in [-0.2, 0) is 26.3 Å². The molecule has 0 bridgehead atoms. The number of phenols is 1. The summed E-state index contributed by atoms with van der Waals surface area (Å²) in [5, 5.41) is 11.0. The molecule has 0 amide bonds. The standard InChI is InChI=1S/C23H29O5P/c1-22(2,3)17-12-11-14(18(19(17)24)23(4,5)6)13-29(26,27)21-16-10-8-7-9-15(16)20(25)28-21/h7-12,21,24H,13H2,1-6H3,(H,26,27). The quantitative estimate of drug-likeness (QED) is 0.501. The van der Waals surface area contributed by atoms with Crippen molar-refractivity contribution in [3.8, 4) is 5.75 Å². The smallest absolute Gasteiger partial charge is 0.339 e. The maximum Gasteiger partial charge on any atom is 0.339 e. The van der Waals surface area contributed by atoms with Gasteiger partial charge in [0.15, 0.2) is 0 Å². The molecule has 156 valence electrons. The fourth-order valence-electron chi connectivity index (χ4n) is 3.96. The third-order valence-electron chi connectivity index (χ3n) is 5.25. The van der Waals surface area contributed by atoms with E-state index in [1.807, 2.05) is 53.7 Å². The molecule has 6 heteroatoms. The first kappa shape index (κ1) is 21.6. The van der Waals surface area contributed by atoms with E-state index in [4.69, 9.17) is 4.74 Å². The Morgan fingerprint density at radius 1 is 1.00 bits per heavy atom. The van der Waals surface area contributed by atoms with E-state index in [0.717, 1.165) is 5.56 Å². The average Bonchev–Trinajstić information content (AvgIpc) is 2.90. The van der Waals surface area contributed by atoms with Crippen molar-refractivity contribution < 1.29 is 24.1 Å². The lowest BCUT2D eigenvalue weighted by Crippen LogP contribution is -2.19. The van der Waals surface area contributed by atoms with Gasteiger partial charge in [-0.1, -0.05) is 71.9 Å². The van der Waals surface area contributed by atoms with Crippen molar-refractivity contribution in [1.29, 1.82) is 0 Å². The molecular formula is C23H29O5P. The van der Waals surface area contributed by atoms with Gasteiger partial charge in [-0.25, -0.2) is 4.79 Å². The minimum absolute atomic E-state index is 0.159. The van der Waals surface area contributed by atoms with Crippen LogP contribution in [0.3, 0.4) is 0 Å². The lowest BCUT2D eigenvalue weighted by molar-refractivity contribution is 0.0491.